The Kier molecular flexibility index (Phi) is 3.62. The van der Waals surface area contributed by atoms with E-state index in [-0.39, 0.29) is 17.9 Å². The molecular weight excluding hydrogens is 235 g/mol. The Balaban J connectivity index is 2.14. The largest absolute Gasteiger partial charge is 0.480 e. The van der Waals surface area contributed by atoms with Crippen molar-refractivity contribution in [2.45, 2.75) is 6.42 Å². The van der Waals surface area contributed by atoms with Crippen molar-refractivity contribution in [3.8, 4) is 5.88 Å². The van der Waals surface area contributed by atoms with Crippen molar-refractivity contribution >= 4 is 5.78 Å². The highest BCUT2D eigenvalue weighted by Crippen LogP contribution is 2.11. The molecule has 18 heavy (non-hydrogen) atoms. The summed E-state index contributed by atoms with van der Waals surface area (Å²) in [5.41, 5.74) is 0.541. The maximum Gasteiger partial charge on any atom is 0.233 e. The minimum Gasteiger partial charge on any atom is -0.480 e. The number of benzene rings is 1. The van der Waals surface area contributed by atoms with Crippen molar-refractivity contribution in [1.82, 2.24) is 10.2 Å². The molecule has 0 aliphatic carbocycles. The molecule has 2 rings (SSSR count). The summed E-state index contributed by atoms with van der Waals surface area (Å²) < 4.78 is 18.2. The van der Waals surface area contributed by atoms with Crippen LogP contribution in [0.15, 0.2) is 36.4 Å². The van der Waals surface area contributed by atoms with E-state index in [1.54, 1.807) is 24.3 Å². The number of aromatic nitrogens is 2. The predicted molar refractivity (Wildman–Crippen MR) is 63.0 cm³/mol. The van der Waals surface area contributed by atoms with E-state index >= 15 is 0 Å². The highest BCUT2D eigenvalue weighted by atomic mass is 19.1. The molecule has 0 spiro atoms. The van der Waals surface area contributed by atoms with Crippen LogP contribution < -0.4 is 4.74 Å². The zero-order valence-corrected chi connectivity index (χ0v) is 9.76. The first-order valence-corrected chi connectivity index (χ1v) is 5.35. The van der Waals surface area contributed by atoms with Gasteiger partial charge in [-0.3, -0.25) is 4.79 Å². The number of ketones is 1. The van der Waals surface area contributed by atoms with Crippen LogP contribution >= 0.6 is 0 Å². The van der Waals surface area contributed by atoms with Crippen molar-refractivity contribution in [3.05, 3.63) is 53.5 Å². The van der Waals surface area contributed by atoms with Gasteiger partial charge in [-0.1, -0.05) is 18.2 Å². The van der Waals surface area contributed by atoms with Crippen LogP contribution in [0.5, 0.6) is 5.88 Å². The zero-order valence-electron chi connectivity index (χ0n) is 9.76. The lowest BCUT2D eigenvalue weighted by Gasteiger charge is -2.02. The Morgan fingerprint density at radius 2 is 2.00 bits per heavy atom. The van der Waals surface area contributed by atoms with Gasteiger partial charge in [0.15, 0.2) is 5.78 Å². The molecule has 0 aliphatic rings. The van der Waals surface area contributed by atoms with Gasteiger partial charge in [0.2, 0.25) is 5.88 Å². The van der Waals surface area contributed by atoms with E-state index < -0.39 is 5.82 Å². The molecule has 0 N–H and O–H groups in total. The highest BCUT2D eigenvalue weighted by molar-refractivity contribution is 5.95. The quantitative estimate of drug-likeness (QED) is 0.775. The van der Waals surface area contributed by atoms with E-state index in [4.69, 9.17) is 4.74 Å². The summed E-state index contributed by atoms with van der Waals surface area (Å²) in [7, 11) is 1.46. The molecule has 2 aromatic rings. The molecular formula is C13H11FN2O2. The summed E-state index contributed by atoms with van der Waals surface area (Å²) >= 11 is 0. The number of methoxy groups -OCH3 is 1. The van der Waals surface area contributed by atoms with Gasteiger partial charge in [0, 0.05) is 12.5 Å². The van der Waals surface area contributed by atoms with Crippen LogP contribution in [0, 0.1) is 5.82 Å². The molecule has 1 aromatic carbocycles. The number of carbonyl (C=O) groups excluding carboxylic acids is 1. The normalized spacial score (nSPS) is 10.1. The maximum absolute atomic E-state index is 13.4. The first-order chi connectivity index (χ1) is 8.70. The molecule has 0 saturated carbocycles. The third-order valence-electron chi connectivity index (χ3n) is 2.44. The molecule has 0 atom stereocenters. The van der Waals surface area contributed by atoms with Gasteiger partial charge in [-0.2, -0.15) is 0 Å². The second-order valence-corrected chi connectivity index (χ2v) is 3.65. The van der Waals surface area contributed by atoms with Crippen LogP contribution in [-0.2, 0) is 6.42 Å². The number of rotatable bonds is 4. The van der Waals surface area contributed by atoms with Crippen molar-refractivity contribution in [3.63, 3.8) is 0 Å². The van der Waals surface area contributed by atoms with Gasteiger partial charge in [-0.25, -0.2) is 4.39 Å². The van der Waals surface area contributed by atoms with Crippen LogP contribution in [0.3, 0.4) is 0 Å². The molecule has 92 valence electrons. The van der Waals surface area contributed by atoms with Gasteiger partial charge in [0.05, 0.1) is 7.11 Å². The van der Waals surface area contributed by atoms with Gasteiger partial charge < -0.3 is 4.74 Å². The lowest BCUT2D eigenvalue weighted by atomic mass is 10.1. The van der Waals surface area contributed by atoms with E-state index in [1.165, 1.54) is 19.2 Å². The third kappa shape index (κ3) is 2.68. The second-order valence-electron chi connectivity index (χ2n) is 3.65. The number of carbonyl (C=O) groups is 1. The monoisotopic (exact) mass is 246 g/mol. The molecule has 1 heterocycles. The second kappa shape index (κ2) is 5.35. The minimum absolute atomic E-state index is 0.0340. The van der Waals surface area contributed by atoms with Gasteiger partial charge in [0.25, 0.3) is 0 Å². The van der Waals surface area contributed by atoms with E-state index in [0.29, 0.717) is 11.4 Å². The zero-order chi connectivity index (χ0) is 13.0. The average Bonchev–Trinajstić information content (AvgIpc) is 2.41. The number of ether oxygens (including phenoxy) is 1. The van der Waals surface area contributed by atoms with Gasteiger partial charge >= 0.3 is 0 Å². The lowest BCUT2D eigenvalue weighted by Crippen LogP contribution is -2.08. The maximum atomic E-state index is 13.4. The molecule has 1 aromatic heterocycles. The summed E-state index contributed by atoms with van der Waals surface area (Å²) in [6.07, 6.45) is -0.0340. The standard InChI is InChI=1S/C13H11FN2O2/c1-18-13-7-6-11(15-16-13)12(17)8-9-4-2-3-5-10(9)14/h2-7H,8H2,1H3. The lowest BCUT2D eigenvalue weighted by molar-refractivity contribution is 0.0986. The fourth-order valence-corrected chi connectivity index (χ4v) is 1.48. The van der Waals surface area contributed by atoms with Crippen molar-refractivity contribution in [2.75, 3.05) is 7.11 Å². The molecule has 0 unspecified atom stereocenters. The van der Waals surface area contributed by atoms with E-state index in [0.717, 1.165) is 0 Å². The Hall–Kier alpha value is -2.30. The molecule has 0 aliphatic heterocycles. The first-order valence-electron chi connectivity index (χ1n) is 5.35. The van der Waals surface area contributed by atoms with Crippen LogP contribution in [0.1, 0.15) is 16.1 Å². The van der Waals surface area contributed by atoms with Crippen molar-refractivity contribution < 1.29 is 13.9 Å². The Morgan fingerprint density at radius 1 is 1.22 bits per heavy atom. The van der Waals surface area contributed by atoms with E-state index in [1.807, 2.05) is 0 Å². The number of halogens is 1. The van der Waals surface area contributed by atoms with Gasteiger partial charge in [-0.05, 0) is 17.7 Å². The Morgan fingerprint density at radius 3 is 2.61 bits per heavy atom. The van der Waals surface area contributed by atoms with Crippen LogP contribution in [0.2, 0.25) is 0 Å². The van der Waals surface area contributed by atoms with Gasteiger partial charge in [0.1, 0.15) is 11.5 Å². The Labute approximate surface area is 103 Å². The molecule has 0 saturated heterocycles. The topological polar surface area (TPSA) is 52.1 Å². The summed E-state index contributed by atoms with van der Waals surface area (Å²) in [6.45, 7) is 0. The average molecular weight is 246 g/mol. The first kappa shape index (κ1) is 12.2. The number of nitrogens with zero attached hydrogens (tertiary/aromatic N) is 2. The Bertz CT molecular complexity index is 555. The van der Waals surface area contributed by atoms with E-state index in [9.17, 15) is 9.18 Å². The summed E-state index contributed by atoms with van der Waals surface area (Å²) in [5, 5.41) is 7.42. The van der Waals surface area contributed by atoms with Crippen molar-refractivity contribution in [1.29, 1.82) is 0 Å². The predicted octanol–water partition coefficient (Wildman–Crippen LogP) is 2.05. The van der Waals surface area contributed by atoms with Gasteiger partial charge in [-0.15, -0.1) is 10.2 Å². The molecule has 0 radical (unpaired) electrons. The smallest absolute Gasteiger partial charge is 0.233 e. The molecule has 0 amide bonds. The summed E-state index contributed by atoms with van der Waals surface area (Å²) in [6, 6.07) is 9.21. The SMILES string of the molecule is COc1ccc(C(=O)Cc2ccccc2F)nn1. The fourth-order valence-electron chi connectivity index (χ4n) is 1.48. The van der Waals surface area contributed by atoms with Crippen LogP contribution in [0.4, 0.5) is 4.39 Å². The molecule has 0 fully saturated rings. The fraction of sp³-hybridized carbons (Fsp3) is 0.154. The number of hydrogen-bond acceptors (Lipinski definition) is 4. The third-order valence-corrected chi connectivity index (χ3v) is 2.44. The van der Waals surface area contributed by atoms with Crippen molar-refractivity contribution in [2.24, 2.45) is 0 Å². The van der Waals surface area contributed by atoms with E-state index in [2.05, 4.69) is 10.2 Å². The number of Topliss-reactive ketones (excluding diaryl/α,β-unsaturated/α-hetero) is 1. The van der Waals surface area contributed by atoms with Crippen LogP contribution in [0.25, 0.3) is 0 Å². The minimum atomic E-state index is -0.396. The molecule has 4 nitrogen and oxygen atoms in total. The molecule has 0 bridgehead atoms. The molecule has 5 heteroatoms. The highest BCUT2D eigenvalue weighted by Gasteiger charge is 2.12. The summed E-state index contributed by atoms with van der Waals surface area (Å²) in [5.74, 6) is -0.347. The summed E-state index contributed by atoms with van der Waals surface area (Å²) in [4.78, 5) is 11.9. The number of hydrogen-bond donors (Lipinski definition) is 0. The van der Waals surface area contributed by atoms with Crippen LogP contribution in [-0.4, -0.2) is 23.1 Å².